The van der Waals surface area contributed by atoms with Crippen molar-refractivity contribution >= 4 is 33.9 Å². The first-order valence-electron chi connectivity index (χ1n) is 19.7. The van der Waals surface area contributed by atoms with Gasteiger partial charge in [0.05, 0.1) is 4.90 Å². The molecule has 6 rings (SSSR count). The van der Waals surface area contributed by atoms with Crippen molar-refractivity contribution in [1.29, 1.82) is 0 Å². The fraction of sp³-hybridized carbons (Fsp3) is 0.628. The van der Waals surface area contributed by atoms with Crippen LogP contribution in [0.5, 0.6) is 0 Å². The summed E-state index contributed by atoms with van der Waals surface area (Å²) in [4.78, 5) is 53.8. The summed E-state index contributed by atoms with van der Waals surface area (Å²) >= 11 is 0. The first-order valence-corrected chi connectivity index (χ1v) is 21.1. The van der Waals surface area contributed by atoms with Gasteiger partial charge >= 0.3 is 12.1 Å². The van der Waals surface area contributed by atoms with Crippen LogP contribution in [0.4, 0.5) is 4.79 Å². The van der Waals surface area contributed by atoms with E-state index >= 15 is 0 Å². The van der Waals surface area contributed by atoms with Gasteiger partial charge in [-0.3, -0.25) is 13.8 Å². The number of aryl methyl sites for hydroxylation is 1. The Kier molecular flexibility index (Phi) is 10.9. The zero-order chi connectivity index (χ0) is 40.2. The van der Waals surface area contributed by atoms with Gasteiger partial charge < -0.3 is 20.1 Å². The SMILES string of the molecule is Cc1ccc(S(=O)(=O)OCC(=O)O[C@@H]2C[C@](C)(CCNC(=O)c3ccc(CNC(=O)OC(C)(C)C)cc3)C(=O)[C@H](C)[C@]34CCCC35[C@@H](C[C@@H](C)[C@@]25C)C4)cc1. The van der Waals surface area contributed by atoms with E-state index in [1.54, 1.807) is 57.2 Å². The number of carbonyl (C=O) groups is 4. The van der Waals surface area contributed by atoms with Crippen LogP contribution in [0.1, 0.15) is 115 Å². The van der Waals surface area contributed by atoms with E-state index in [1.165, 1.54) is 12.1 Å². The molecule has 11 nitrogen and oxygen atoms in total. The van der Waals surface area contributed by atoms with E-state index in [0.717, 1.165) is 43.2 Å². The zero-order valence-corrected chi connectivity index (χ0v) is 34.4. The summed E-state index contributed by atoms with van der Waals surface area (Å²) in [6, 6.07) is 13.1. The smallest absolute Gasteiger partial charge is 0.407 e. The fourth-order valence-electron chi connectivity index (χ4n) is 11.4. The molecule has 1 unspecified atom stereocenters. The first kappa shape index (κ1) is 40.9. The van der Waals surface area contributed by atoms with Crippen LogP contribution in [0.3, 0.4) is 0 Å². The molecular formula is C43H58N2O9S. The molecule has 2 aromatic rings. The molecule has 4 fully saturated rings. The lowest BCUT2D eigenvalue weighted by Gasteiger charge is -2.70. The highest BCUT2D eigenvalue weighted by atomic mass is 32.2. The molecule has 0 aromatic heterocycles. The molecule has 8 atom stereocenters. The summed E-state index contributed by atoms with van der Waals surface area (Å²) in [5.41, 5.74) is -0.209. The van der Waals surface area contributed by atoms with Gasteiger partial charge in [-0.05, 0) is 119 Å². The van der Waals surface area contributed by atoms with E-state index in [1.807, 2.05) is 13.8 Å². The molecule has 2 amide bonds. The van der Waals surface area contributed by atoms with Crippen LogP contribution >= 0.6 is 0 Å². The number of esters is 1. The molecule has 2 aromatic carbocycles. The summed E-state index contributed by atoms with van der Waals surface area (Å²) in [7, 11) is -4.20. The summed E-state index contributed by atoms with van der Waals surface area (Å²) in [6.45, 7) is 15.4. The van der Waals surface area contributed by atoms with Gasteiger partial charge in [0.25, 0.3) is 16.0 Å². The van der Waals surface area contributed by atoms with Gasteiger partial charge in [-0.2, -0.15) is 8.42 Å². The number of nitrogens with one attached hydrogen (secondary N) is 2. The predicted octanol–water partition coefficient (Wildman–Crippen LogP) is 7.29. The Hall–Kier alpha value is -3.77. The van der Waals surface area contributed by atoms with Crippen molar-refractivity contribution < 1.29 is 41.3 Å². The van der Waals surface area contributed by atoms with E-state index in [0.29, 0.717) is 17.9 Å². The van der Waals surface area contributed by atoms with Crippen molar-refractivity contribution in [3.63, 3.8) is 0 Å². The molecule has 300 valence electrons. The Bertz CT molecular complexity index is 1920. The van der Waals surface area contributed by atoms with E-state index in [4.69, 9.17) is 13.7 Å². The van der Waals surface area contributed by atoms with Crippen molar-refractivity contribution in [1.82, 2.24) is 10.6 Å². The quantitative estimate of drug-likeness (QED) is 0.177. The van der Waals surface area contributed by atoms with Gasteiger partial charge in [0.2, 0.25) is 0 Å². The highest BCUT2D eigenvalue weighted by Crippen LogP contribution is 2.85. The molecule has 4 saturated carbocycles. The van der Waals surface area contributed by atoms with Crippen LogP contribution in [-0.2, 0) is 39.9 Å². The Morgan fingerprint density at radius 3 is 2.25 bits per heavy atom. The van der Waals surface area contributed by atoms with Crippen LogP contribution in [0.25, 0.3) is 0 Å². The maximum atomic E-state index is 14.8. The second kappa shape index (κ2) is 14.6. The number of Topliss-reactive ketones (excluding diaryl/α,β-unsaturated/α-hetero) is 1. The van der Waals surface area contributed by atoms with Crippen molar-refractivity contribution in [3.05, 3.63) is 65.2 Å². The molecule has 12 heteroatoms. The molecule has 4 aliphatic carbocycles. The minimum absolute atomic E-state index is 0.0412. The van der Waals surface area contributed by atoms with Gasteiger partial charge in [-0.15, -0.1) is 0 Å². The molecule has 0 aliphatic heterocycles. The van der Waals surface area contributed by atoms with Crippen molar-refractivity contribution in [2.75, 3.05) is 13.2 Å². The van der Waals surface area contributed by atoms with Crippen molar-refractivity contribution in [2.24, 2.45) is 39.4 Å². The molecule has 0 radical (unpaired) electrons. The van der Waals surface area contributed by atoms with E-state index in [-0.39, 0.29) is 58.8 Å². The lowest BCUT2D eigenvalue weighted by Crippen LogP contribution is -2.69. The highest BCUT2D eigenvalue weighted by Gasteiger charge is 2.82. The minimum atomic E-state index is -4.20. The van der Waals surface area contributed by atoms with E-state index < -0.39 is 51.3 Å². The van der Waals surface area contributed by atoms with Gasteiger partial charge in [-0.1, -0.05) is 63.9 Å². The summed E-state index contributed by atoms with van der Waals surface area (Å²) in [5, 5.41) is 5.72. The van der Waals surface area contributed by atoms with Gasteiger partial charge in [-0.25, -0.2) is 9.59 Å². The number of rotatable bonds is 11. The summed E-state index contributed by atoms with van der Waals surface area (Å²) in [5.74, 6) is -0.490. The average molecular weight is 779 g/mol. The molecule has 55 heavy (non-hydrogen) atoms. The van der Waals surface area contributed by atoms with Gasteiger partial charge in [0.15, 0.2) is 6.61 Å². The highest BCUT2D eigenvalue weighted by molar-refractivity contribution is 7.86. The third-order valence-electron chi connectivity index (χ3n) is 14.1. The normalized spacial score (nSPS) is 32.6. The van der Waals surface area contributed by atoms with Gasteiger partial charge in [0, 0.05) is 35.4 Å². The third kappa shape index (κ3) is 7.22. The largest absolute Gasteiger partial charge is 0.460 e. The molecule has 0 saturated heterocycles. The maximum Gasteiger partial charge on any atom is 0.407 e. The number of benzene rings is 2. The fourth-order valence-corrected chi connectivity index (χ4v) is 12.2. The lowest BCUT2D eigenvalue weighted by molar-refractivity contribution is -0.244. The van der Waals surface area contributed by atoms with Crippen LogP contribution in [0.2, 0.25) is 0 Å². The minimum Gasteiger partial charge on any atom is -0.460 e. The standard InChI is InChI=1S/C43H58N2O9S/c1-27-10-16-33(17-11-27)55(50,51)52-26-35(46)53-34-24-40(7,36(47)29(3)42-18-9-19-43(42)32(23-42)22-28(2)41(34,43)8)20-21-44-37(48)31-14-12-30(13-15-31)25-45-38(49)54-39(4,5)6/h10-17,28-29,32,34H,9,18-26H2,1-8H3,(H,44,48)(H,45,49)/t28-,29+,32+,34-,40+,41+,42-,43?/m1/s1. The number of hydrogen-bond donors (Lipinski definition) is 2. The molecular weight excluding hydrogens is 721 g/mol. The van der Waals surface area contributed by atoms with Crippen LogP contribution < -0.4 is 10.6 Å². The molecule has 4 aliphatic rings. The Morgan fingerprint density at radius 2 is 1.60 bits per heavy atom. The second-order valence-corrected chi connectivity index (χ2v) is 19.8. The number of hydrogen-bond acceptors (Lipinski definition) is 9. The molecule has 1 spiro atoms. The van der Waals surface area contributed by atoms with Crippen molar-refractivity contribution in [2.45, 2.75) is 123 Å². The summed E-state index contributed by atoms with van der Waals surface area (Å²) < 4.78 is 42.8. The second-order valence-electron chi connectivity index (χ2n) is 18.2. The number of ketones is 1. The average Bonchev–Trinajstić information content (AvgIpc) is 3.51. The lowest BCUT2D eigenvalue weighted by atomic mass is 9.34. The molecule has 0 bridgehead atoms. The zero-order valence-electron chi connectivity index (χ0n) is 33.6. The number of alkyl carbamates (subject to hydrolysis) is 1. The van der Waals surface area contributed by atoms with Crippen LogP contribution in [0.15, 0.2) is 53.4 Å². The summed E-state index contributed by atoms with van der Waals surface area (Å²) in [6.07, 6.45) is 4.32. The molecule has 0 heterocycles. The Balaban J connectivity index is 1.18. The van der Waals surface area contributed by atoms with Crippen LogP contribution in [0, 0.1) is 46.3 Å². The third-order valence-corrected chi connectivity index (χ3v) is 15.3. The van der Waals surface area contributed by atoms with E-state index in [9.17, 15) is 27.6 Å². The number of ether oxygens (including phenoxy) is 2. The predicted molar refractivity (Wildman–Crippen MR) is 206 cm³/mol. The number of amides is 2. The Morgan fingerprint density at radius 1 is 0.927 bits per heavy atom. The topological polar surface area (TPSA) is 154 Å². The number of carbonyl (C=O) groups excluding carboxylic acids is 4. The molecule has 2 N–H and O–H groups in total. The Labute approximate surface area is 326 Å². The van der Waals surface area contributed by atoms with Crippen molar-refractivity contribution in [3.8, 4) is 0 Å². The first-order chi connectivity index (χ1) is 25.7. The monoisotopic (exact) mass is 778 g/mol. The maximum absolute atomic E-state index is 14.8. The van der Waals surface area contributed by atoms with Gasteiger partial charge in [0.1, 0.15) is 17.5 Å². The van der Waals surface area contributed by atoms with E-state index in [2.05, 4.69) is 31.4 Å². The van der Waals surface area contributed by atoms with Crippen LogP contribution in [-0.4, -0.2) is 57.0 Å².